The summed E-state index contributed by atoms with van der Waals surface area (Å²) in [6.07, 6.45) is 0. The van der Waals surface area contributed by atoms with Crippen LogP contribution in [0.5, 0.6) is 0 Å². The maximum absolute atomic E-state index is 13.5. The van der Waals surface area contributed by atoms with Crippen molar-refractivity contribution >= 4 is 6.03 Å². The molecule has 2 rings (SSSR count). The van der Waals surface area contributed by atoms with E-state index in [1.807, 2.05) is 44.2 Å². The summed E-state index contributed by atoms with van der Waals surface area (Å²) in [5, 5.41) is 5.57. The zero-order valence-electron chi connectivity index (χ0n) is 12.2. The van der Waals surface area contributed by atoms with Gasteiger partial charge in [0.2, 0.25) is 0 Å². The largest absolute Gasteiger partial charge is 0.334 e. The van der Waals surface area contributed by atoms with Crippen LogP contribution in [0, 0.1) is 5.82 Å². The molecule has 2 amide bonds. The lowest BCUT2D eigenvalue weighted by Crippen LogP contribution is -2.46. The van der Waals surface area contributed by atoms with Crippen molar-refractivity contribution in [3.05, 3.63) is 71.5 Å². The van der Waals surface area contributed by atoms with Gasteiger partial charge >= 0.3 is 6.03 Å². The normalized spacial score (nSPS) is 11.0. The van der Waals surface area contributed by atoms with Gasteiger partial charge < -0.3 is 10.6 Å². The first-order valence-corrected chi connectivity index (χ1v) is 6.84. The van der Waals surface area contributed by atoms with E-state index < -0.39 is 5.54 Å². The van der Waals surface area contributed by atoms with Gasteiger partial charge in [-0.25, -0.2) is 9.18 Å². The van der Waals surface area contributed by atoms with Crippen LogP contribution in [0.3, 0.4) is 0 Å². The van der Waals surface area contributed by atoms with Crippen molar-refractivity contribution in [2.24, 2.45) is 0 Å². The number of nitrogens with one attached hydrogen (secondary N) is 2. The molecule has 0 radical (unpaired) electrons. The van der Waals surface area contributed by atoms with Gasteiger partial charge in [-0.3, -0.25) is 0 Å². The van der Waals surface area contributed by atoms with E-state index in [0.717, 1.165) is 5.56 Å². The lowest BCUT2D eigenvalue weighted by Gasteiger charge is -2.27. The number of urea groups is 1. The fourth-order valence-electron chi connectivity index (χ4n) is 2.07. The molecule has 0 spiro atoms. The number of benzene rings is 2. The molecule has 3 nitrogen and oxygen atoms in total. The number of hydrogen-bond donors (Lipinski definition) is 2. The van der Waals surface area contributed by atoms with Crippen LogP contribution in [-0.4, -0.2) is 6.03 Å². The number of carbonyl (C=O) groups is 1. The molecular formula is C17H19FN2O. The van der Waals surface area contributed by atoms with Gasteiger partial charge in [0.1, 0.15) is 5.82 Å². The third-order valence-electron chi connectivity index (χ3n) is 3.32. The molecule has 0 unspecified atom stereocenters. The van der Waals surface area contributed by atoms with Crippen molar-refractivity contribution in [3.63, 3.8) is 0 Å². The summed E-state index contributed by atoms with van der Waals surface area (Å²) < 4.78 is 13.5. The quantitative estimate of drug-likeness (QED) is 0.886. The molecule has 2 aromatic rings. The summed E-state index contributed by atoms with van der Waals surface area (Å²) >= 11 is 0. The van der Waals surface area contributed by atoms with Crippen molar-refractivity contribution < 1.29 is 9.18 Å². The van der Waals surface area contributed by atoms with Crippen molar-refractivity contribution in [2.45, 2.75) is 25.9 Å². The van der Waals surface area contributed by atoms with E-state index in [0.29, 0.717) is 5.56 Å². The van der Waals surface area contributed by atoms with E-state index in [1.165, 1.54) is 6.07 Å². The smallest absolute Gasteiger partial charge is 0.315 e. The molecule has 0 saturated carbocycles. The number of halogens is 1. The highest BCUT2D eigenvalue weighted by Gasteiger charge is 2.22. The molecule has 110 valence electrons. The predicted octanol–water partition coefficient (Wildman–Crippen LogP) is 3.56. The number of hydrogen-bond acceptors (Lipinski definition) is 1. The van der Waals surface area contributed by atoms with Crippen molar-refractivity contribution in [1.82, 2.24) is 10.6 Å². The molecule has 2 N–H and O–H groups in total. The topological polar surface area (TPSA) is 41.1 Å². The zero-order chi connectivity index (χ0) is 15.3. The van der Waals surface area contributed by atoms with Gasteiger partial charge in [-0.1, -0.05) is 48.5 Å². The van der Waals surface area contributed by atoms with Gasteiger partial charge in [0.15, 0.2) is 0 Å². The molecule has 0 bridgehead atoms. The SMILES string of the molecule is CC(C)(NC(=O)NCc1ccccc1F)c1ccccc1. The summed E-state index contributed by atoms with van der Waals surface area (Å²) in [4.78, 5) is 12.0. The second kappa shape index (κ2) is 6.39. The molecule has 2 aromatic carbocycles. The first kappa shape index (κ1) is 15.0. The molecular weight excluding hydrogens is 267 g/mol. The van der Waals surface area contributed by atoms with Crippen LogP contribution in [0.1, 0.15) is 25.0 Å². The van der Waals surface area contributed by atoms with Crippen LogP contribution in [0.15, 0.2) is 54.6 Å². The minimum absolute atomic E-state index is 0.156. The molecule has 4 heteroatoms. The van der Waals surface area contributed by atoms with Gasteiger partial charge in [-0.15, -0.1) is 0 Å². The Kier molecular flexibility index (Phi) is 4.58. The van der Waals surface area contributed by atoms with Crippen LogP contribution in [0.25, 0.3) is 0 Å². The van der Waals surface area contributed by atoms with E-state index in [1.54, 1.807) is 18.2 Å². The van der Waals surface area contributed by atoms with E-state index in [9.17, 15) is 9.18 Å². The molecule has 21 heavy (non-hydrogen) atoms. The average molecular weight is 286 g/mol. The Bertz CT molecular complexity index is 611. The number of carbonyl (C=O) groups excluding carboxylic acids is 1. The zero-order valence-corrected chi connectivity index (χ0v) is 12.2. The van der Waals surface area contributed by atoms with Crippen LogP contribution in [-0.2, 0) is 12.1 Å². The van der Waals surface area contributed by atoms with Crippen molar-refractivity contribution in [1.29, 1.82) is 0 Å². The third kappa shape index (κ3) is 4.05. The summed E-state index contributed by atoms with van der Waals surface area (Å²) in [6.45, 7) is 4.00. The standard InChI is InChI=1S/C17H19FN2O/c1-17(2,14-9-4-3-5-10-14)20-16(21)19-12-13-8-6-7-11-15(13)18/h3-11H,12H2,1-2H3,(H2,19,20,21). The van der Waals surface area contributed by atoms with Crippen LogP contribution >= 0.6 is 0 Å². The monoisotopic (exact) mass is 286 g/mol. The van der Waals surface area contributed by atoms with Crippen LogP contribution in [0.2, 0.25) is 0 Å². The summed E-state index contributed by atoms with van der Waals surface area (Å²) in [5.74, 6) is -0.319. The lowest BCUT2D eigenvalue weighted by molar-refractivity contribution is 0.229. The third-order valence-corrected chi connectivity index (χ3v) is 3.32. The Balaban J connectivity index is 1.94. The van der Waals surface area contributed by atoms with Gasteiger partial charge in [0, 0.05) is 12.1 Å². The minimum Gasteiger partial charge on any atom is -0.334 e. The highest BCUT2D eigenvalue weighted by atomic mass is 19.1. The molecule has 0 fully saturated rings. The Hall–Kier alpha value is -2.36. The highest BCUT2D eigenvalue weighted by Crippen LogP contribution is 2.19. The fourth-order valence-corrected chi connectivity index (χ4v) is 2.07. The number of amides is 2. The van der Waals surface area contributed by atoms with E-state index in [-0.39, 0.29) is 18.4 Å². The first-order valence-electron chi connectivity index (χ1n) is 6.84. The number of rotatable bonds is 4. The van der Waals surface area contributed by atoms with Crippen LogP contribution < -0.4 is 10.6 Å². The van der Waals surface area contributed by atoms with Crippen molar-refractivity contribution in [2.75, 3.05) is 0 Å². The molecule has 0 aliphatic rings. The Morgan fingerprint density at radius 1 is 1.05 bits per heavy atom. The van der Waals surface area contributed by atoms with Crippen molar-refractivity contribution in [3.8, 4) is 0 Å². The summed E-state index contributed by atoms with van der Waals surface area (Å²) in [5.41, 5.74) is 0.969. The van der Waals surface area contributed by atoms with Gasteiger partial charge in [-0.05, 0) is 25.5 Å². The fraction of sp³-hybridized carbons (Fsp3) is 0.235. The summed E-state index contributed by atoms with van der Waals surface area (Å²) in [7, 11) is 0. The van der Waals surface area contributed by atoms with E-state index >= 15 is 0 Å². The Morgan fingerprint density at radius 2 is 1.67 bits per heavy atom. The molecule has 0 aromatic heterocycles. The average Bonchev–Trinajstić information content (AvgIpc) is 2.47. The summed E-state index contributed by atoms with van der Waals surface area (Å²) in [6, 6.07) is 15.8. The van der Waals surface area contributed by atoms with Gasteiger partial charge in [0.05, 0.1) is 5.54 Å². The van der Waals surface area contributed by atoms with Gasteiger partial charge in [-0.2, -0.15) is 0 Å². The maximum Gasteiger partial charge on any atom is 0.315 e. The highest BCUT2D eigenvalue weighted by molar-refractivity contribution is 5.75. The van der Waals surface area contributed by atoms with E-state index in [2.05, 4.69) is 10.6 Å². The molecule has 0 heterocycles. The Labute approximate surface area is 124 Å². The lowest BCUT2D eigenvalue weighted by atomic mass is 9.95. The van der Waals surface area contributed by atoms with Crippen LogP contribution in [0.4, 0.5) is 9.18 Å². The second-order valence-electron chi connectivity index (χ2n) is 5.39. The Morgan fingerprint density at radius 3 is 2.33 bits per heavy atom. The first-order chi connectivity index (χ1) is 9.99. The minimum atomic E-state index is -0.499. The van der Waals surface area contributed by atoms with Gasteiger partial charge in [0.25, 0.3) is 0 Å². The second-order valence-corrected chi connectivity index (χ2v) is 5.39. The maximum atomic E-state index is 13.5. The molecule has 0 aliphatic carbocycles. The predicted molar refractivity (Wildman–Crippen MR) is 81.2 cm³/mol. The molecule has 0 atom stereocenters. The molecule has 0 aliphatic heterocycles. The van der Waals surface area contributed by atoms with E-state index in [4.69, 9.17) is 0 Å². The molecule has 0 saturated heterocycles.